The summed E-state index contributed by atoms with van der Waals surface area (Å²) in [6.45, 7) is 10.4. The van der Waals surface area contributed by atoms with E-state index in [1.807, 2.05) is 64.4 Å². The Bertz CT molecular complexity index is 1040. The Morgan fingerprint density at radius 1 is 1.20 bits per heavy atom. The van der Waals surface area contributed by atoms with Gasteiger partial charge in [0.05, 0.1) is 22.1 Å². The van der Waals surface area contributed by atoms with Gasteiger partial charge in [0, 0.05) is 19.5 Å². The third-order valence-corrected chi connectivity index (χ3v) is 7.38. The highest BCUT2D eigenvalue weighted by Crippen LogP contribution is 2.29. The molecule has 0 unspecified atom stereocenters. The number of nitrogens with one attached hydrogen (secondary N) is 2. The summed E-state index contributed by atoms with van der Waals surface area (Å²) in [6.07, 6.45) is 1.50. The lowest BCUT2D eigenvalue weighted by Gasteiger charge is -2.35. The minimum atomic E-state index is -0.727. The predicted molar refractivity (Wildman–Crippen MR) is 139 cm³/mol. The number of aromatic nitrogens is 1. The molecule has 0 bridgehead atoms. The summed E-state index contributed by atoms with van der Waals surface area (Å²) in [7, 11) is 0. The van der Waals surface area contributed by atoms with E-state index in [0.29, 0.717) is 13.0 Å². The Morgan fingerprint density at radius 3 is 2.46 bits per heavy atom. The lowest BCUT2D eigenvalue weighted by molar-refractivity contribution is -0.144. The van der Waals surface area contributed by atoms with Gasteiger partial charge < -0.3 is 21.3 Å². The van der Waals surface area contributed by atoms with Crippen LogP contribution >= 0.6 is 11.3 Å². The van der Waals surface area contributed by atoms with Gasteiger partial charge in [0.2, 0.25) is 17.7 Å². The first kappa shape index (κ1) is 26.8. The molecule has 0 aliphatic carbocycles. The van der Waals surface area contributed by atoms with Crippen molar-refractivity contribution in [2.24, 2.45) is 11.1 Å². The number of hydrogen-bond acceptors (Lipinski definition) is 6. The molecule has 8 nitrogen and oxygen atoms in total. The summed E-state index contributed by atoms with van der Waals surface area (Å²) in [4.78, 5) is 46.0. The number of carbonyl (C=O) groups is 3. The maximum absolute atomic E-state index is 13.5. The standard InChI is InChI=1S/C26H37N5O3S/c1-16(18-8-10-19(11-9-18)22-17(2)28-15-35-22)29-24(33)20-7-6-14-31(20)25(34)23(26(3,4)5)30-21(32)12-13-27/h8-11,15-16,20,23H,6-7,12-14,27H2,1-5H3,(H,29,33)(H,30,32)/t16-,20-,23+/m0/s1. The lowest BCUT2D eigenvalue weighted by Crippen LogP contribution is -2.57. The maximum Gasteiger partial charge on any atom is 0.246 e. The van der Waals surface area contributed by atoms with Gasteiger partial charge in [0.1, 0.15) is 12.1 Å². The number of hydrogen-bond donors (Lipinski definition) is 3. The minimum absolute atomic E-state index is 0.155. The fourth-order valence-corrected chi connectivity index (χ4v) is 5.19. The smallest absolute Gasteiger partial charge is 0.246 e. The van der Waals surface area contributed by atoms with Crippen molar-refractivity contribution >= 4 is 29.1 Å². The van der Waals surface area contributed by atoms with Crippen molar-refractivity contribution < 1.29 is 14.4 Å². The molecule has 190 valence electrons. The maximum atomic E-state index is 13.5. The van der Waals surface area contributed by atoms with Gasteiger partial charge in [0.25, 0.3) is 0 Å². The molecule has 0 spiro atoms. The van der Waals surface area contributed by atoms with Crippen LogP contribution in [-0.2, 0) is 14.4 Å². The summed E-state index contributed by atoms with van der Waals surface area (Å²) >= 11 is 1.61. The molecule has 2 aromatic rings. The average molecular weight is 500 g/mol. The molecule has 1 fully saturated rings. The van der Waals surface area contributed by atoms with Crippen LogP contribution in [-0.4, -0.2) is 52.8 Å². The van der Waals surface area contributed by atoms with Crippen LogP contribution in [0.4, 0.5) is 0 Å². The zero-order valence-corrected chi connectivity index (χ0v) is 22.1. The van der Waals surface area contributed by atoms with E-state index in [4.69, 9.17) is 5.73 Å². The van der Waals surface area contributed by atoms with Crippen LogP contribution in [0.2, 0.25) is 0 Å². The molecule has 3 atom stereocenters. The van der Waals surface area contributed by atoms with Gasteiger partial charge in [-0.05, 0) is 43.2 Å². The minimum Gasteiger partial charge on any atom is -0.348 e. The van der Waals surface area contributed by atoms with Gasteiger partial charge in [-0.1, -0.05) is 45.0 Å². The van der Waals surface area contributed by atoms with Crippen molar-refractivity contribution in [1.82, 2.24) is 20.5 Å². The van der Waals surface area contributed by atoms with E-state index in [1.54, 1.807) is 16.2 Å². The van der Waals surface area contributed by atoms with Gasteiger partial charge in [-0.3, -0.25) is 14.4 Å². The summed E-state index contributed by atoms with van der Waals surface area (Å²) < 4.78 is 0. The number of aryl methyl sites for hydroxylation is 1. The van der Waals surface area contributed by atoms with Crippen LogP contribution in [0.3, 0.4) is 0 Å². The second-order valence-electron chi connectivity index (χ2n) is 10.2. The molecule has 3 rings (SSSR count). The van der Waals surface area contributed by atoms with Crippen LogP contribution in [0.1, 0.15) is 64.3 Å². The van der Waals surface area contributed by atoms with Crippen molar-refractivity contribution in [2.45, 2.75) is 72.0 Å². The van der Waals surface area contributed by atoms with E-state index in [1.165, 1.54) is 0 Å². The highest BCUT2D eigenvalue weighted by Gasteiger charge is 2.41. The molecule has 4 N–H and O–H groups in total. The zero-order valence-electron chi connectivity index (χ0n) is 21.3. The molecule has 2 heterocycles. The molecule has 0 radical (unpaired) electrons. The molecule has 9 heteroatoms. The van der Waals surface area contributed by atoms with E-state index < -0.39 is 17.5 Å². The number of rotatable bonds is 8. The van der Waals surface area contributed by atoms with Crippen LogP contribution < -0.4 is 16.4 Å². The predicted octanol–water partition coefficient (Wildman–Crippen LogP) is 3.17. The monoisotopic (exact) mass is 499 g/mol. The third-order valence-electron chi connectivity index (χ3n) is 6.41. The molecule has 1 aromatic heterocycles. The largest absolute Gasteiger partial charge is 0.348 e. The quantitative estimate of drug-likeness (QED) is 0.516. The lowest BCUT2D eigenvalue weighted by atomic mass is 9.85. The van der Waals surface area contributed by atoms with E-state index in [2.05, 4.69) is 15.6 Å². The van der Waals surface area contributed by atoms with E-state index >= 15 is 0 Å². The van der Waals surface area contributed by atoms with Gasteiger partial charge in [-0.25, -0.2) is 4.98 Å². The van der Waals surface area contributed by atoms with Crippen molar-refractivity contribution in [2.75, 3.05) is 13.1 Å². The van der Waals surface area contributed by atoms with Crippen molar-refractivity contribution in [3.8, 4) is 10.4 Å². The van der Waals surface area contributed by atoms with Crippen molar-refractivity contribution in [3.63, 3.8) is 0 Å². The molecule has 0 saturated carbocycles. The Balaban J connectivity index is 1.68. The summed E-state index contributed by atoms with van der Waals surface area (Å²) in [5, 5.41) is 5.92. The average Bonchev–Trinajstić information content (AvgIpc) is 3.46. The third kappa shape index (κ3) is 6.46. The first-order valence-electron chi connectivity index (χ1n) is 12.1. The van der Waals surface area contributed by atoms with Crippen molar-refractivity contribution in [1.29, 1.82) is 0 Å². The zero-order chi connectivity index (χ0) is 25.8. The SMILES string of the molecule is Cc1ncsc1-c1ccc([C@H](C)NC(=O)[C@@H]2CCCN2C(=O)[C@@H](NC(=O)CCN)C(C)(C)C)cc1. The molecule has 1 aliphatic rings. The summed E-state index contributed by atoms with van der Waals surface area (Å²) in [6, 6.07) is 6.62. The Labute approximate surface area is 211 Å². The van der Waals surface area contributed by atoms with Crippen LogP contribution in [0.15, 0.2) is 29.8 Å². The molecule has 35 heavy (non-hydrogen) atoms. The molecule has 1 aromatic carbocycles. The highest BCUT2D eigenvalue weighted by molar-refractivity contribution is 7.13. The van der Waals surface area contributed by atoms with Gasteiger partial charge in [0.15, 0.2) is 0 Å². The summed E-state index contributed by atoms with van der Waals surface area (Å²) in [5.41, 5.74) is 9.92. The number of carbonyl (C=O) groups excluding carboxylic acids is 3. The highest BCUT2D eigenvalue weighted by atomic mass is 32.1. The first-order chi connectivity index (χ1) is 16.5. The van der Waals surface area contributed by atoms with E-state index in [9.17, 15) is 14.4 Å². The fraction of sp³-hybridized carbons (Fsp3) is 0.538. The van der Waals surface area contributed by atoms with Gasteiger partial charge >= 0.3 is 0 Å². The first-order valence-corrected chi connectivity index (χ1v) is 13.0. The Morgan fingerprint density at radius 2 is 1.89 bits per heavy atom. The number of nitrogens with two attached hydrogens (primary N) is 1. The number of nitrogens with zero attached hydrogens (tertiary/aromatic N) is 2. The number of likely N-dealkylation sites (tertiary alicyclic amines) is 1. The number of benzene rings is 1. The second kappa shape index (κ2) is 11.3. The number of thiazole rings is 1. The van der Waals surface area contributed by atoms with Crippen LogP contribution in [0.25, 0.3) is 10.4 Å². The Hall–Kier alpha value is -2.78. The Kier molecular flexibility index (Phi) is 8.66. The normalized spacial score (nSPS) is 17.7. The topological polar surface area (TPSA) is 117 Å². The molecule has 1 aliphatic heterocycles. The molecular weight excluding hydrogens is 462 g/mol. The fourth-order valence-electron chi connectivity index (χ4n) is 4.38. The van der Waals surface area contributed by atoms with E-state index in [-0.39, 0.29) is 36.7 Å². The molecule has 3 amide bonds. The van der Waals surface area contributed by atoms with Crippen LogP contribution in [0, 0.1) is 12.3 Å². The van der Waals surface area contributed by atoms with Crippen molar-refractivity contribution in [3.05, 3.63) is 41.0 Å². The van der Waals surface area contributed by atoms with Crippen LogP contribution in [0.5, 0.6) is 0 Å². The molecular formula is C26H37N5O3S. The molecule has 1 saturated heterocycles. The number of amides is 3. The van der Waals surface area contributed by atoms with E-state index in [0.717, 1.165) is 28.1 Å². The van der Waals surface area contributed by atoms with Gasteiger partial charge in [-0.2, -0.15) is 0 Å². The van der Waals surface area contributed by atoms with Gasteiger partial charge in [-0.15, -0.1) is 11.3 Å². The second-order valence-corrected chi connectivity index (χ2v) is 11.1. The summed E-state index contributed by atoms with van der Waals surface area (Å²) in [5.74, 6) is -0.657.